The van der Waals surface area contributed by atoms with Gasteiger partial charge >= 0.3 is 0 Å². The summed E-state index contributed by atoms with van der Waals surface area (Å²) in [6.45, 7) is 7.67. The van der Waals surface area contributed by atoms with E-state index in [0.29, 0.717) is 51.4 Å². The van der Waals surface area contributed by atoms with Crippen molar-refractivity contribution in [1.29, 1.82) is 0 Å². The van der Waals surface area contributed by atoms with Gasteiger partial charge in [0, 0.05) is 111 Å². The highest BCUT2D eigenvalue weighted by atomic mass is 31.2. The van der Waals surface area contributed by atoms with E-state index >= 15 is 0 Å². The molecule has 0 saturated carbocycles. The molecule has 0 spiro atoms. The Hall–Kier alpha value is -6.36. The van der Waals surface area contributed by atoms with Crippen LogP contribution >= 0.6 is 7.37 Å². The third kappa shape index (κ3) is 42.6. The minimum atomic E-state index is -3.60. The van der Waals surface area contributed by atoms with Gasteiger partial charge in [-0.05, 0) is 76.8 Å². The van der Waals surface area contributed by atoms with Gasteiger partial charge in [0.05, 0.1) is 79.3 Å². The van der Waals surface area contributed by atoms with Crippen LogP contribution in [0.15, 0.2) is 0 Å². The summed E-state index contributed by atoms with van der Waals surface area (Å²) in [5.41, 5.74) is 0. The van der Waals surface area contributed by atoms with Crippen molar-refractivity contribution in [1.82, 2.24) is 58.5 Å². The quantitative estimate of drug-likeness (QED) is 0.0199. The van der Waals surface area contributed by atoms with Gasteiger partial charge in [0.25, 0.3) is 0 Å². The molecule has 16 unspecified atom stereocenters. The molecule has 3 fully saturated rings. The molecule has 3 aliphatic rings. The molecule has 20 N–H and O–H groups in total. The highest BCUT2D eigenvalue weighted by Crippen LogP contribution is 2.50. The first-order valence-corrected chi connectivity index (χ1v) is 42.2. The number of aliphatic hydroxyl groups excluding tert-OH is 9. The number of amides is 11. The smallest absolute Gasteiger partial charge is 0.243 e. The standard InChI is InChI=1S/C74H134N11O31P/c1-46(89)81-60-66(101)63(98)51(43-86)114-71(60)111-39-36-108-33-30-77-56(94)23-16-21-54(92)75-27-13-10-19-49(69(104)80-29-12-8-7-9-15-42-117(106,107)74(4,5)6)85-70(105)50(84-59(97)26-18-25-58(96)79-32-35-110-38-41-113-73-62(83-48(3)91)68(103)65(100)53(45-88)116-73)20-11-14-28-76-55(93)22-17-24-57(95)78-31-34-109-37-40-112-72-61(82-47(2)90)67(102)64(99)52(44-87)115-72/h49-53,60-68,71-73,86-88,98-103H,7-45H2,1-6H3,(H,75,92)(H,76,93)(H,77,94)(H,78,95)(H,79,96)(H,80,104)(H,81,89)(H,82,90)(H,83,91)(H,84,97)(H,85,105)(H,106,107)/p-1/t49-,50-,51?,52?,53?,60?,61?,62?,63?,64?,65?,66?,67?,68?,71?,72?,73?/m0/s1. The van der Waals surface area contributed by atoms with E-state index in [0.717, 1.165) is 0 Å². The lowest BCUT2D eigenvalue weighted by molar-refractivity contribution is -0.272. The van der Waals surface area contributed by atoms with Gasteiger partial charge in [0.2, 0.25) is 65.0 Å². The third-order valence-corrected chi connectivity index (χ3v) is 22.1. The second-order valence-electron chi connectivity index (χ2n) is 29.9. The number of unbranched alkanes of at least 4 members (excludes halogenated alkanes) is 6. The maximum atomic E-state index is 14.4. The Kier molecular flexibility index (Phi) is 52.5. The Morgan fingerprint density at radius 2 is 0.667 bits per heavy atom. The topological polar surface area (TPSA) is 625 Å². The Balaban J connectivity index is 1.56. The first-order valence-electron chi connectivity index (χ1n) is 40.4. The summed E-state index contributed by atoms with van der Waals surface area (Å²) >= 11 is 0. The van der Waals surface area contributed by atoms with Crippen LogP contribution < -0.4 is 63.4 Å². The fourth-order valence-electron chi connectivity index (χ4n) is 12.4. The van der Waals surface area contributed by atoms with E-state index < -0.39 is 178 Å². The summed E-state index contributed by atoms with van der Waals surface area (Å²) in [6.07, 6.45) is -11.1. The normalized spacial score (nSPS) is 24.3. The van der Waals surface area contributed by atoms with Crippen LogP contribution in [0, 0.1) is 0 Å². The van der Waals surface area contributed by atoms with Crippen LogP contribution in [0.5, 0.6) is 0 Å². The van der Waals surface area contributed by atoms with E-state index in [2.05, 4.69) is 58.5 Å². The largest absolute Gasteiger partial charge is 0.799 e. The van der Waals surface area contributed by atoms with Gasteiger partial charge in [-0.15, -0.1) is 0 Å². The second-order valence-corrected chi connectivity index (χ2v) is 33.0. The van der Waals surface area contributed by atoms with Crippen molar-refractivity contribution in [2.24, 2.45) is 0 Å². The monoisotopic (exact) mass is 1700 g/mol. The molecule has 0 aliphatic carbocycles. The maximum absolute atomic E-state index is 14.4. The van der Waals surface area contributed by atoms with E-state index in [4.69, 9.17) is 42.6 Å². The third-order valence-electron chi connectivity index (χ3n) is 19.1. The van der Waals surface area contributed by atoms with Crippen molar-refractivity contribution in [3.63, 3.8) is 0 Å². The number of carbonyl (C=O) groups excluding carboxylic acids is 11. The maximum Gasteiger partial charge on any atom is 0.243 e. The number of hydrogen-bond donors (Lipinski definition) is 20. The fraction of sp³-hybridized carbons (Fsp3) is 0.851. The lowest BCUT2D eigenvalue weighted by Crippen LogP contribution is -2.64. The molecule has 0 aromatic rings. The average Bonchev–Trinajstić information content (AvgIpc) is 0.818. The predicted molar refractivity (Wildman–Crippen MR) is 413 cm³/mol. The Bertz CT molecular complexity index is 3010. The van der Waals surface area contributed by atoms with Crippen molar-refractivity contribution < 1.29 is 151 Å². The summed E-state index contributed by atoms with van der Waals surface area (Å²) in [5, 5.41) is 119. The number of rotatable bonds is 61. The van der Waals surface area contributed by atoms with Crippen LogP contribution in [-0.4, -0.2) is 345 Å². The minimum Gasteiger partial charge on any atom is -0.799 e. The molecular formula is C74H133N11O31P-. The van der Waals surface area contributed by atoms with Crippen molar-refractivity contribution in [2.45, 2.75) is 279 Å². The molecule has 42 nitrogen and oxygen atoms in total. The molecule has 18 atom stereocenters. The zero-order chi connectivity index (χ0) is 86.9. The van der Waals surface area contributed by atoms with Gasteiger partial charge in [-0.1, -0.05) is 40.0 Å². The van der Waals surface area contributed by atoms with Crippen LogP contribution in [0.1, 0.15) is 170 Å². The molecule has 11 amide bonds. The number of nitrogens with one attached hydrogen (secondary N) is 11. The average molecular weight is 1700 g/mol. The van der Waals surface area contributed by atoms with E-state index in [1.54, 1.807) is 20.8 Å². The van der Waals surface area contributed by atoms with E-state index in [9.17, 15) is 108 Å². The van der Waals surface area contributed by atoms with Gasteiger partial charge in [0.15, 0.2) is 18.9 Å². The van der Waals surface area contributed by atoms with Gasteiger partial charge in [-0.25, -0.2) is 0 Å². The van der Waals surface area contributed by atoms with Crippen LogP contribution in [0.4, 0.5) is 0 Å². The molecule has 0 aromatic heterocycles. The van der Waals surface area contributed by atoms with Gasteiger partial charge in [-0.2, -0.15) is 0 Å². The SMILES string of the molecule is CC(=O)NC1C(OCCOCCNC(=O)CCCC(=O)NCCCC[C@H](NC(=O)CCCC(=O)NCCOCCOC2OC(CO)C(O)C(O)C2NC(C)=O)C(=O)N[C@@H](CCCCNC(=O)CCCC(=O)NCCOCCOC2OC(CO)C(O)C(O)C2NC(C)=O)C(=O)NCCCCCCCP(=O)([O-])C(C)(C)C)OC(CO)C(O)C1O. The van der Waals surface area contributed by atoms with Crippen molar-refractivity contribution in [2.75, 3.05) is 125 Å². The molecule has 3 rings (SSSR count). The first-order chi connectivity index (χ1) is 55.6. The summed E-state index contributed by atoms with van der Waals surface area (Å²) in [5.74, 6) is -5.12. The first kappa shape index (κ1) is 105. The lowest BCUT2D eigenvalue weighted by Gasteiger charge is -2.42. The zero-order valence-corrected chi connectivity index (χ0v) is 69.2. The van der Waals surface area contributed by atoms with Crippen molar-refractivity contribution in [3.05, 3.63) is 0 Å². The Morgan fingerprint density at radius 3 is 1.00 bits per heavy atom. The van der Waals surface area contributed by atoms with Crippen LogP contribution in [0.25, 0.3) is 0 Å². The molecule has 117 heavy (non-hydrogen) atoms. The fourth-order valence-corrected chi connectivity index (χ4v) is 13.7. The van der Waals surface area contributed by atoms with Gasteiger partial charge in [-0.3, -0.25) is 52.7 Å². The molecule has 43 heteroatoms. The molecule has 676 valence electrons. The zero-order valence-electron chi connectivity index (χ0n) is 68.3. The summed E-state index contributed by atoms with van der Waals surface area (Å²) < 4.78 is 62.6. The molecule has 0 radical (unpaired) electrons. The number of aliphatic hydroxyl groups is 9. The molecule has 3 aliphatic heterocycles. The predicted octanol–water partition coefficient (Wildman–Crippen LogP) is -6.18. The Labute approximate surface area is 683 Å². The molecule has 0 bridgehead atoms. The second kappa shape index (κ2) is 58.6. The summed E-state index contributed by atoms with van der Waals surface area (Å²) in [7, 11) is -3.60. The minimum absolute atomic E-state index is 0.00476. The van der Waals surface area contributed by atoms with Crippen LogP contribution in [0.3, 0.4) is 0 Å². The van der Waals surface area contributed by atoms with Crippen LogP contribution in [-0.2, 0) is 99.9 Å². The van der Waals surface area contributed by atoms with Crippen molar-refractivity contribution >= 4 is 72.3 Å². The van der Waals surface area contributed by atoms with E-state index in [1.165, 1.54) is 20.8 Å². The lowest BCUT2D eigenvalue weighted by atomic mass is 9.97. The van der Waals surface area contributed by atoms with E-state index in [1.807, 2.05) is 0 Å². The molecular weight excluding hydrogens is 1570 g/mol. The van der Waals surface area contributed by atoms with Crippen LogP contribution in [0.2, 0.25) is 0 Å². The van der Waals surface area contributed by atoms with Crippen molar-refractivity contribution in [3.8, 4) is 0 Å². The number of ether oxygens (including phenoxy) is 9. The van der Waals surface area contributed by atoms with Gasteiger partial charge in [0.1, 0.15) is 85.1 Å². The molecule has 3 saturated heterocycles. The molecule has 3 heterocycles. The van der Waals surface area contributed by atoms with Gasteiger partial charge < -0.3 is 157 Å². The summed E-state index contributed by atoms with van der Waals surface area (Å²) in [6, 6.07) is -5.71. The highest BCUT2D eigenvalue weighted by molar-refractivity contribution is 7.58. The highest BCUT2D eigenvalue weighted by Gasteiger charge is 2.48. The Morgan fingerprint density at radius 1 is 0.368 bits per heavy atom. The van der Waals surface area contributed by atoms with E-state index in [-0.39, 0.29) is 206 Å². The summed E-state index contributed by atoms with van der Waals surface area (Å²) in [4.78, 5) is 153. The number of hydrogen-bond acceptors (Lipinski definition) is 31. The molecule has 0 aromatic carbocycles. The number of carbonyl (C=O) groups is 11.